The average molecular weight is 505 g/mol. The first-order chi connectivity index (χ1) is 17.1. The van der Waals surface area contributed by atoms with E-state index in [1.807, 2.05) is 30.5 Å². The number of nitrogen functional groups attached to an aromatic ring is 1. The summed E-state index contributed by atoms with van der Waals surface area (Å²) in [4.78, 5) is 27.2. The predicted molar refractivity (Wildman–Crippen MR) is 140 cm³/mol. The van der Waals surface area contributed by atoms with Crippen molar-refractivity contribution in [1.82, 2.24) is 19.7 Å². The van der Waals surface area contributed by atoms with E-state index in [0.29, 0.717) is 24.0 Å². The third-order valence-corrected chi connectivity index (χ3v) is 8.63. The molecular formula is C26H28N6O3S. The number of sulfonamides is 1. The zero-order valence-electron chi connectivity index (χ0n) is 20.3. The van der Waals surface area contributed by atoms with Crippen LogP contribution in [-0.2, 0) is 10.0 Å². The number of H-pyrrole nitrogens is 1. The number of aromatic nitrogens is 3. The topological polar surface area (TPSA) is 134 Å². The first-order valence-corrected chi connectivity index (χ1v) is 13.2. The number of benzene rings is 1. The highest BCUT2D eigenvalue weighted by Gasteiger charge is 2.41. The Bertz CT molecular complexity index is 1580. The Kier molecular flexibility index (Phi) is 5.71. The molecule has 0 saturated carbocycles. The van der Waals surface area contributed by atoms with E-state index < -0.39 is 15.9 Å². The van der Waals surface area contributed by atoms with E-state index in [1.54, 1.807) is 12.1 Å². The molecule has 3 aromatic heterocycles. The van der Waals surface area contributed by atoms with Crippen molar-refractivity contribution >= 4 is 38.5 Å². The first-order valence-electron chi connectivity index (χ1n) is 11.7. The summed E-state index contributed by atoms with van der Waals surface area (Å²) < 4.78 is 28.1. The molecule has 1 saturated heterocycles. The van der Waals surface area contributed by atoms with Gasteiger partial charge in [0, 0.05) is 40.9 Å². The third kappa shape index (κ3) is 3.97. The Balaban J connectivity index is 1.61. The molecule has 10 heteroatoms. The van der Waals surface area contributed by atoms with Gasteiger partial charge in [0.05, 0.1) is 11.3 Å². The number of fused-ring (bicyclic) bond motifs is 1. The molecule has 1 aliphatic rings. The Morgan fingerprint density at radius 2 is 1.97 bits per heavy atom. The van der Waals surface area contributed by atoms with Crippen LogP contribution in [0, 0.1) is 5.92 Å². The molecule has 4 N–H and O–H groups in total. The lowest BCUT2D eigenvalue weighted by atomic mass is 9.90. The van der Waals surface area contributed by atoms with Crippen LogP contribution in [0.4, 0.5) is 11.6 Å². The summed E-state index contributed by atoms with van der Waals surface area (Å²) in [6.45, 7) is 7.09. The number of nitrogens with one attached hydrogen (secondary N) is 2. The van der Waals surface area contributed by atoms with Crippen LogP contribution >= 0.6 is 0 Å². The lowest BCUT2D eigenvalue weighted by molar-refractivity contribution is 0.0981. The van der Waals surface area contributed by atoms with Gasteiger partial charge in [-0.15, -0.1) is 0 Å². The monoisotopic (exact) mass is 504 g/mol. The van der Waals surface area contributed by atoms with Crippen molar-refractivity contribution in [3.8, 4) is 11.3 Å². The molecule has 1 amide bonds. The molecule has 0 radical (unpaired) electrons. The van der Waals surface area contributed by atoms with Gasteiger partial charge in [-0.05, 0) is 62.6 Å². The maximum Gasteiger partial charge on any atom is 0.268 e. The van der Waals surface area contributed by atoms with Crippen molar-refractivity contribution in [2.75, 3.05) is 17.2 Å². The highest BCUT2D eigenvalue weighted by molar-refractivity contribution is 7.90. The smallest absolute Gasteiger partial charge is 0.268 e. The standard InChI is InChI=1S/C26H28N6O3S/c1-16-12-15-32(26(16,2)3)24-19(25(33)31-36(34,35)22-8-5-13-29-23(22)27)9-10-21(30-24)17-6-4-7-20-18(17)11-14-28-20/h4-11,13-14,16,28H,12,15H2,1-3H3,(H2,27,29)(H,31,33). The molecule has 4 aromatic rings. The van der Waals surface area contributed by atoms with Crippen LogP contribution in [-0.4, -0.2) is 41.4 Å². The summed E-state index contributed by atoms with van der Waals surface area (Å²) in [6, 6.07) is 14.0. The Morgan fingerprint density at radius 3 is 2.69 bits per heavy atom. The normalized spacial score (nSPS) is 17.4. The van der Waals surface area contributed by atoms with E-state index in [9.17, 15) is 13.2 Å². The Hall–Kier alpha value is -3.92. The summed E-state index contributed by atoms with van der Waals surface area (Å²) in [5.74, 6) is -0.157. The fourth-order valence-electron chi connectivity index (χ4n) is 4.76. The number of carbonyl (C=O) groups excluding carboxylic acids is 1. The molecule has 1 atom stereocenters. The fourth-order valence-corrected chi connectivity index (χ4v) is 5.81. The molecule has 1 aliphatic heterocycles. The van der Waals surface area contributed by atoms with E-state index in [1.165, 1.54) is 18.3 Å². The largest absolute Gasteiger partial charge is 0.383 e. The summed E-state index contributed by atoms with van der Waals surface area (Å²) in [7, 11) is -4.24. The van der Waals surface area contributed by atoms with E-state index in [2.05, 4.69) is 40.4 Å². The van der Waals surface area contributed by atoms with Gasteiger partial charge in [0.15, 0.2) is 0 Å². The number of aromatic amines is 1. The lowest BCUT2D eigenvalue weighted by Crippen LogP contribution is -2.43. The minimum absolute atomic E-state index is 0.174. The molecular weight excluding hydrogens is 476 g/mol. The van der Waals surface area contributed by atoms with E-state index >= 15 is 0 Å². The molecule has 1 fully saturated rings. The maximum atomic E-state index is 13.4. The Morgan fingerprint density at radius 1 is 1.17 bits per heavy atom. The molecule has 186 valence electrons. The number of hydrogen-bond acceptors (Lipinski definition) is 7. The molecule has 1 unspecified atom stereocenters. The Labute approximate surface area is 209 Å². The van der Waals surface area contributed by atoms with Gasteiger partial charge in [0.1, 0.15) is 16.5 Å². The quantitative estimate of drug-likeness (QED) is 0.375. The van der Waals surface area contributed by atoms with Gasteiger partial charge in [0.2, 0.25) is 0 Å². The number of hydrogen-bond donors (Lipinski definition) is 3. The molecule has 5 rings (SSSR count). The summed E-state index contributed by atoms with van der Waals surface area (Å²) >= 11 is 0. The van der Waals surface area contributed by atoms with Crippen LogP contribution in [0.15, 0.2) is 65.8 Å². The number of amides is 1. The van der Waals surface area contributed by atoms with Gasteiger partial charge in [-0.2, -0.15) is 0 Å². The van der Waals surface area contributed by atoms with Crippen LogP contribution in [0.2, 0.25) is 0 Å². The van der Waals surface area contributed by atoms with Gasteiger partial charge in [-0.3, -0.25) is 4.79 Å². The molecule has 1 aromatic carbocycles. The summed E-state index contributed by atoms with van der Waals surface area (Å²) in [5.41, 5.74) is 8.24. The molecule has 0 spiro atoms. The zero-order chi connectivity index (χ0) is 25.7. The van der Waals surface area contributed by atoms with Crippen LogP contribution in [0.3, 0.4) is 0 Å². The molecule has 9 nitrogen and oxygen atoms in total. The minimum atomic E-state index is -4.24. The van der Waals surface area contributed by atoms with Gasteiger partial charge < -0.3 is 15.6 Å². The van der Waals surface area contributed by atoms with Gasteiger partial charge >= 0.3 is 0 Å². The van der Waals surface area contributed by atoms with E-state index in [4.69, 9.17) is 10.7 Å². The molecule has 0 aliphatic carbocycles. The first kappa shape index (κ1) is 23.8. The average Bonchev–Trinajstić information content (AvgIpc) is 3.42. The van der Waals surface area contributed by atoms with Gasteiger partial charge in [-0.1, -0.05) is 19.1 Å². The molecule has 0 bridgehead atoms. The second kappa shape index (κ2) is 8.63. The number of nitrogens with two attached hydrogens (primary N) is 1. The van der Waals surface area contributed by atoms with Crippen molar-refractivity contribution in [2.45, 2.75) is 37.6 Å². The van der Waals surface area contributed by atoms with Crippen molar-refractivity contribution in [2.24, 2.45) is 5.92 Å². The van der Waals surface area contributed by atoms with Crippen molar-refractivity contribution < 1.29 is 13.2 Å². The van der Waals surface area contributed by atoms with Crippen molar-refractivity contribution in [3.63, 3.8) is 0 Å². The zero-order valence-corrected chi connectivity index (χ0v) is 21.1. The minimum Gasteiger partial charge on any atom is -0.383 e. The lowest BCUT2D eigenvalue weighted by Gasteiger charge is -2.36. The van der Waals surface area contributed by atoms with Crippen LogP contribution < -0.4 is 15.4 Å². The predicted octanol–water partition coefficient (Wildman–Crippen LogP) is 3.95. The molecule has 4 heterocycles. The van der Waals surface area contributed by atoms with Crippen LogP contribution in [0.5, 0.6) is 0 Å². The molecule has 36 heavy (non-hydrogen) atoms. The summed E-state index contributed by atoms with van der Waals surface area (Å²) in [5, 5.41) is 1.01. The second-order valence-corrected chi connectivity index (χ2v) is 11.3. The van der Waals surface area contributed by atoms with Gasteiger partial charge in [-0.25, -0.2) is 23.1 Å². The second-order valence-electron chi connectivity index (χ2n) is 9.63. The van der Waals surface area contributed by atoms with Crippen molar-refractivity contribution in [1.29, 1.82) is 0 Å². The highest BCUT2D eigenvalue weighted by Crippen LogP contribution is 2.40. The number of nitrogens with zero attached hydrogens (tertiary/aromatic N) is 3. The number of rotatable bonds is 5. The van der Waals surface area contributed by atoms with Crippen LogP contribution in [0.25, 0.3) is 22.2 Å². The SMILES string of the molecule is CC1CCN(c2nc(-c3cccc4[nH]ccc34)ccc2C(=O)NS(=O)(=O)c2cccnc2N)C1(C)C. The van der Waals surface area contributed by atoms with Crippen molar-refractivity contribution in [3.05, 3.63) is 66.5 Å². The van der Waals surface area contributed by atoms with E-state index in [-0.39, 0.29) is 21.8 Å². The fraction of sp³-hybridized carbons (Fsp3) is 0.269. The van der Waals surface area contributed by atoms with E-state index in [0.717, 1.165) is 22.9 Å². The number of carbonyl (C=O) groups is 1. The highest BCUT2D eigenvalue weighted by atomic mass is 32.2. The maximum absolute atomic E-state index is 13.4. The summed E-state index contributed by atoms with van der Waals surface area (Å²) in [6.07, 6.45) is 4.19. The third-order valence-electron chi connectivity index (χ3n) is 7.25. The van der Waals surface area contributed by atoms with Crippen LogP contribution in [0.1, 0.15) is 37.6 Å². The van der Waals surface area contributed by atoms with Gasteiger partial charge in [0.25, 0.3) is 15.9 Å². The number of anilines is 2. The number of pyridine rings is 2.